The predicted molar refractivity (Wildman–Crippen MR) is 112 cm³/mol. The highest BCUT2D eigenvalue weighted by molar-refractivity contribution is 14.1. The lowest BCUT2D eigenvalue weighted by Gasteiger charge is -2.38. The van der Waals surface area contributed by atoms with E-state index in [1.165, 1.54) is 14.8 Å². The molecule has 1 heterocycles. The Bertz CT molecular complexity index is 839. The quantitative estimate of drug-likeness (QED) is 0.504. The molecule has 2 aromatic carbocycles. The molecular formula is C21H22INO3. The summed E-state index contributed by atoms with van der Waals surface area (Å²) < 4.78 is 17.9. The maximum Gasteiger partial charge on any atom is 0.203 e. The van der Waals surface area contributed by atoms with Gasteiger partial charge >= 0.3 is 0 Å². The molecular weight excluding hydrogens is 441 g/mol. The second kappa shape index (κ2) is 7.02. The van der Waals surface area contributed by atoms with Gasteiger partial charge in [0.25, 0.3) is 0 Å². The van der Waals surface area contributed by atoms with E-state index < -0.39 is 0 Å². The summed E-state index contributed by atoms with van der Waals surface area (Å²) in [5.74, 6) is 2.93. The molecule has 3 atom stereocenters. The Morgan fingerprint density at radius 2 is 1.73 bits per heavy atom. The van der Waals surface area contributed by atoms with Crippen molar-refractivity contribution in [3.05, 3.63) is 57.2 Å². The topological polar surface area (TPSA) is 39.7 Å². The number of allylic oxidation sites excluding steroid dienone is 2. The van der Waals surface area contributed by atoms with Crippen molar-refractivity contribution >= 4 is 28.3 Å². The first-order valence-electron chi connectivity index (χ1n) is 8.68. The summed E-state index contributed by atoms with van der Waals surface area (Å²) in [5.41, 5.74) is 3.75. The third-order valence-corrected chi connectivity index (χ3v) is 6.04. The largest absolute Gasteiger partial charge is 0.493 e. The molecule has 0 fully saturated rings. The van der Waals surface area contributed by atoms with Gasteiger partial charge in [-0.3, -0.25) is 0 Å². The fraction of sp³-hybridized carbons (Fsp3) is 0.333. The van der Waals surface area contributed by atoms with Crippen molar-refractivity contribution in [3.63, 3.8) is 0 Å². The first kappa shape index (κ1) is 17.5. The highest BCUT2D eigenvalue weighted by Crippen LogP contribution is 2.51. The smallest absolute Gasteiger partial charge is 0.203 e. The van der Waals surface area contributed by atoms with E-state index in [0.29, 0.717) is 29.1 Å². The SMILES string of the molecule is COc1cc([C@@H]2Nc3ccc(I)cc3[C@@H]3C=CC[C@@H]32)cc(OC)c1OC. The zero-order chi connectivity index (χ0) is 18.3. The van der Waals surface area contributed by atoms with Crippen molar-refractivity contribution in [1.82, 2.24) is 0 Å². The number of benzene rings is 2. The van der Waals surface area contributed by atoms with E-state index in [1.807, 2.05) is 0 Å². The fourth-order valence-corrected chi connectivity index (χ4v) is 4.69. The lowest BCUT2D eigenvalue weighted by molar-refractivity contribution is 0.322. The molecule has 136 valence electrons. The lowest BCUT2D eigenvalue weighted by atomic mass is 9.77. The Kier molecular flexibility index (Phi) is 4.73. The molecule has 0 amide bonds. The second-order valence-corrected chi connectivity index (χ2v) is 7.91. The second-order valence-electron chi connectivity index (χ2n) is 6.67. The Morgan fingerprint density at radius 1 is 1.00 bits per heavy atom. The third-order valence-electron chi connectivity index (χ3n) is 5.37. The van der Waals surface area contributed by atoms with Crippen LogP contribution >= 0.6 is 22.6 Å². The standard InChI is InChI=1S/C21H22INO3/c1-24-18-9-12(10-19(25-2)21(18)26-3)20-15-6-4-5-14(15)16-11-13(22)7-8-17(16)23-20/h4-5,7-11,14-15,20,23H,6H2,1-3H3/t14-,15+,20+/m1/s1. The van der Waals surface area contributed by atoms with Crippen molar-refractivity contribution in [2.24, 2.45) is 5.92 Å². The molecule has 0 saturated heterocycles. The van der Waals surface area contributed by atoms with Crippen molar-refractivity contribution in [3.8, 4) is 17.2 Å². The van der Waals surface area contributed by atoms with Crippen molar-refractivity contribution in [1.29, 1.82) is 0 Å². The number of anilines is 1. The molecule has 0 bridgehead atoms. The highest BCUT2D eigenvalue weighted by atomic mass is 127. The van der Waals surface area contributed by atoms with Gasteiger partial charge < -0.3 is 19.5 Å². The molecule has 0 radical (unpaired) electrons. The average molecular weight is 463 g/mol. The maximum atomic E-state index is 5.56. The van der Waals surface area contributed by atoms with Crippen LogP contribution in [-0.4, -0.2) is 21.3 Å². The number of hydrogen-bond donors (Lipinski definition) is 1. The highest BCUT2D eigenvalue weighted by Gasteiger charge is 2.38. The first-order chi connectivity index (χ1) is 12.7. The Morgan fingerprint density at radius 3 is 2.38 bits per heavy atom. The number of nitrogens with one attached hydrogen (secondary N) is 1. The summed E-state index contributed by atoms with van der Waals surface area (Å²) in [6.07, 6.45) is 5.71. The number of methoxy groups -OCH3 is 3. The average Bonchev–Trinajstić information content (AvgIpc) is 3.16. The molecule has 1 aliphatic carbocycles. The number of rotatable bonds is 4. The molecule has 0 aromatic heterocycles. The van der Waals surface area contributed by atoms with Gasteiger partial charge in [-0.05, 0) is 76.4 Å². The van der Waals surface area contributed by atoms with E-state index in [0.717, 1.165) is 12.0 Å². The summed E-state index contributed by atoms with van der Waals surface area (Å²) in [4.78, 5) is 0. The van der Waals surface area contributed by atoms with Crippen LogP contribution in [0.4, 0.5) is 5.69 Å². The minimum atomic E-state index is 0.191. The number of hydrogen-bond acceptors (Lipinski definition) is 4. The van der Waals surface area contributed by atoms with Gasteiger partial charge in [0, 0.05) is 15.2 Å². The van der Waals surface area contributed by atoms with Gasteiger partial charge in [0.05, 0.1) is 27.4 Å². The molecule has 2 aromatic rings. The molecule has 0 spiro atoms. The summed E-state index contributed by atoms with van der Waals surface area (Å²) in [6, 6.07) is 10.9. The van der Waals surface area contributed by atoms with Crippen LogP contribution in [0.25, 0.3) is 0 Å². The number of fused-ring (bicyclic) bond motifs is 3. The van der Waals surface area contributed by atoms with E-state index in [1.54, 1.807) is 21.3 Å². The van der Waals surface area contributed by atoms with E-state index >= 15 is 0 Å². The Labute approximate surface area is 167 Å². The van der Waals surface area contributed by atoms with Crippen LogP contribution in [0.5, 0.6) is 17.2 Å². The van der Waals surface area contributed by atoms with Crippen molar-refractivity contribution in [2.45, 2.75) is 18.4 Å². The van der Waals surface area contributed by atoms with Crippen molar-refractivity contribution < 1.29 is 14.2 Å². The van der Waals surface area contributed by atoms with Gasteiger partial charge in [0.1, 0.15) is 0 Å². The molecule has 2 aliphatic rings. The summed E-state index contributed by atoms with van der Waals surface area (Å²) in [5, 5.41) is 3.76. The third kappa shape index (κ3) is 2.82. The summed E-state index contributed by atoms with van der Waals surface area (Å²) >= 11 is 2.38. The molecule has 0 unspecified atom stereocenters. The summed E-state index contributed by atoms with van der Waals surface area (Å²) in [6.45, 7) is 0. The van der Waals surface area contributed by atoms with Gasteiger partial charge in [-0.2, -0.15) is 0 Å². The van der Waals surface area contributed by atoms with Crippen molar-refractivity contribution in [2.75, 3.05) is 26.6 Å². The van der Waals surface area contributed by atoms with E-state index in [9.17, 15) is 0 Å². The zero-order valence-corrected chi connectivity index (χ0v) is 17.2. The monoisotopic (exact) mass is 463 g/mol. The summed E-state index contributed by atoms with van der Waals surface area (Å²) in [7, 11) is 4.95. The van der Waals surface area contributed by atoms with Crippen LogP contribution < -0.4 is 19.5 Å². The van der Waals surface area contributed by atoms with Crippen LogP contribution in [-0.2, 0) is 0 Å². The van der Waals surface area contributed by atoms with Gasteiger partial charge in [0.2, 0.25) is 5.75 Å². The molecule has 5 heteroatoms. The molecule has 4 rings (SSSR count). The molecule has 1 N–H and O–H groups in total. The first-order valence-corrected chi connectivity index (χ1v) is 9.76. The normalized spacial score (nSPS) is 23.0. The predicted octanol–water partition coefficient (Wildman–Crippen LogP) is 5.14. The Hall–Kier alpha value is -1.89. The maximum absolute atomic E-state index is 5.56. The van der Waals surface area contributed by atoms with Gasteiger partial charge in [0.15, 0.2) is 11.5 Å². The van der Waals surface area contributed by atoms with E-state index in [4.69, 9.17) is 14.2 Å². The van der Waals surface area contributed by atoms with Gasteiger partial charge in [-0.15, -0.1) is 0 Å². The number of ether oxygens (including phenoxy) is 3. The van der Waals surface area contributed by atoms with Crippen LogP contribution in [0.15, 0.2) is 42.5 Å². The fourth-order valence-electron chi connectivity index (χ4n) is 4.18. The lowest BCUT2D eigenvalue weighted by Crippen LogP contribution is -2.29. The molecule has 4 nitrogen and oxygen atoms in total. The molecule has 1 aliphatic heterocycles. The zero-order valence-electron chi connectivity index (χ0n) is 15.1. The van der Waals surface area contributed by atoms with Gasteiger partial charge in [-0.25, -0.2) is 0 Å². The van der Waals surface area contributed by atoms with Crippen LogP contribution in [0.3, 0.4) is 0 Å². The molecule has 0 saturated carbocycles. The minimum Gasteiger partial charge on any atom is -0.493 e. The Balaban J connectivity index is 1.80. The minimum absolute atomic E-state index is 0.191. The van der Waals surface area contributed by atoms with E-state index in [-0.39, 0.29) is 6.04 Å². The van der Waals surface area contributed by atoms with Crippen LogP contribution in [0.1, 0.15) is 29.5 Å². The van der Waals surface area contributed by atoms with Crippen LogP contribution in [0.2, 0.25) is 0 Å². The molecule has 26 heavy (non-hydrogen) atoms. The number of halogens is 1. The van der Waals surface area contributed by atoms with Gasteiger partial charge in [-0.1, -0.05) is 12.2 Å². The van der Waals surface area contributed by atoms with E-state index in [2.05, 4.69) is 70.4 Å². The van der Waals surface area contributed by atoms with Crippen LogP contribution in [0, 0.1) is 9.49 Å².